The van der Waals surface area contributed by atoms with E-state index in [0.717, 1.165) is 0 Å². The van der Waals surface area contributed by atoms with Crippen LogP contribution >= 0.6 is 0 Å². The van der Waals surface area contributed by atoms with Crippen molar-refractivity contribution in [2.45, 2.75) is 13.8 Å². The number of methoxy groups -OCH3 is 1. The van der Waals surface area contributed by atoms with Crippen molar-refractivity contribution in [3.05, 3.63) is 54.1 Å². The second-order valence-electron chi connectivity index (χ2n) is 5.85. The number of nitrogens with one attached hydrogen (secondary N) is 2. The lowest BCUT2D eigenvalue weighted by Gasteiger charge is -2.22. The van der Waals surface area contributed by atoms with Gasteiger partial charge in [0.1, 0.15) is 5.75 Å². The molecule has 0 atom stereocenters. The summed E-state index contributed by atoms with van der Waals surface area (Å²) in [7, 11) is 1.51. The Morgan fingerprint density at radius 1 is 1.00 bits per heavy atom. The second kappa shape index (κ2) is 9.38. The maximum Gasteiger partial charge on any atom is 0.255 e. The highest BCUT2D eigenvalue weighted by molar-refractivity contribution is 5.97. The van der Waals surface area contributed by atoms with Gasteiger partial charge in [-0.1, -0.05) is 12.1 Å². The first kappa shape index (κ1) is 20.0. The molecule has 0 aliphatic rings. The molecule has 0 fully saturated rings. The molecule has 27 heavy (non-hydrogen) atoms. The first-order valence-electron chi connectivity index (χ1n) is 8.49. The summed E-state index contributed by atoms with van der Waals surface area (Å²) in [6.07, 6.45) is 0. The Labute approximate surface area is 158 Å². The summed E-state index contributed by atoms with van der Waals surface area (Å²) in [5.41, 5.74) is 1.77. The summed E-state index contributed by atoms with van der Waals surface area (Å²) in [6.45, 7) is 3.49. The number of para-hydroxylation sites is 1. The number of benzene rings is 2. The fraction of sp³-hybridized carbons (Fsp3) is 0.250. The van der Waals surface area contributed by atoms with E-state index >= 15 is 0 Å². The highest BCUT2D eigenvalue weighted by Crippen LogP contribution is 2.19. The normalized spacial score (nSPS) is 10.0. The van der Waals surface area contributed by atoms with Gasteiger partial charge in [-0.2, -0.15) is 0 Å². The molecule has 2 aromatic carbocycles. The molecule has 2 N–H and O–H groups in total. The largest absolute Gasteiger partial charge is 0.496 e. The third kappa shape index (κ3) is 5.57. The molecule has 0 unspecified atom stereocenters. The zero-order valence-electron chi connectivity index (χ0n) is 15.6. The number of hydrogen-bond donors (Lipinski definition) is 2. The minimum Gasteiger partial charge on any atom is -0.496 e. The molecule has 3 amide bonds. The van der Waals surface area contributed by atoms with E-state index in [4.69, 9.17) is 4.74 Å². The van der Waals surface area contributed by atoms with Crippen molar-refractivity contribution >= 4 is 29.1 Å². The fourth-order valence-corrected chi connectivity index (χ4v) is 2.61. The number of amides is 3. The average Bonchev–Trinajstić information content (AvgIpc) is 2.65. The van der Waals surface area contributed by atoms with Crippen molar-refractivity contribution in [1.82, 2.24) is 5.32 Å². The summed E-state index contributed by atoms with van der Waals surface area (Å²) < 4.78 is 5.18. The molecule has 7 nitrogen and oxygen atoms in total. The van der Waals surface area contributed by atoms with Gasteiger partial charge in [0.25, 0.3) is 5.91 Å². The van der Waals surface area contributed by atoms with Gasteiger partial charge >= 0.3 is 0 Å². The van der Waals surface area contributed by atoms with Crippen LogP contribution in [0.3, 0.4) is 0 Å². The lowest BCUT2D eigenvalue weighted by atomic mass is 10.2. The van der Waals surface area contributed by atoms with Crippen LogP contribution in [0.25, 0.3) is 0 Å². The minimum absolute atomic E-state index is 0.145. The highest BCUT2D eigenvalue weighted by atomic mass is 16.5. The Bertz CT molecular complexity index is 818. The molecular formula is C20H23N3O4. The van der Waals surface area contributed by atoms with Crippen LogP contribution in [0.15, 0.2) is 48.5 Å². The number of rotatable bonds is 7. The molecular weight excluding hydrogens is 346 g/mol. The standard InChI is InChI=1S/C20H23N3O4/c1-14(24)22-16-8-10-17(11-9-16)23(15(2)25)13-12-21-20(26)18-6-4-5-7-19(18)27-3/h4-11H,12-13H2,1-3H3,(H,21,26)(H,22,24). The summed E-state index contributed by atoms with van der Waals surface area (Å²) in [4.78, 5) is 36.9. The maximum absolute atomic E-state index is 12.3. The molecule has 0 saturated heterocycles. The number of anilines is 2. The van der Waals surface area contributed by atoms with E-state index in [0.29, 0.717) is 29.2 Å². The Balaban J connectivity index is 1.99. The Morgan fingerprint density at radius 3 is 2.26 bits per heavy atom. The Kier molecular flexibility index (Phi) is 6.93. The molecule has 142 valence electrons. The van der Waals surface area contributed by atoms with Crippen molar-refractivity contribution in [2.24, 2.45) is 0 Å². The molecule has 0 heterocycles. The van der Waals surface area contributed by atoms with E-state index in [-0.39, 0.29) is 24.3 Å². The Hall–Kier alpha value is -3.35. The van der Waals surface area contributed by atoms with Crippen LogP contribution in [0.5, 0.6) is 5.75 Å². The lowest BCUT2D eigenvalue weighted by molar-refractivity contribution is -0.116. The predicted molar refractivity (Wildman–Crippen MR) is 104 cm³/mol. The van der Waals surface area contributed by atoms with Crippen LogP contribution in [-0.2, 0) is 9.59 Å². The monoisotopic (exact) mass is 369 g/mol. The number of ether oxygens (including phenoxy) is 1. The van der Waals surface area contributed by atoms with Gasteiger partial charge in [0.05, 0.1) is 12.7 Å². The van der Waals surface area contributed by atoms with Crippen LogP contribution in [0, 0.1) is 0 Å². The zero-order valence-corrected chi connectivity index (χ0v) is 15.6. The molecule has 0 aliphatic heterocycles. The molecule has 0 spiro atoms. The number of hydrogen-bond acceptors (Lipinski definition) is 4. The van der Waals surface area contributed by atoms with Crippen LogP contribution < -0.4 is 20.3 Å². The summed E-state index contributed by atoms with van der Waals surface area (Å²) in [6, 6.07) is 13.9. The van der Waals surface area contributed by atoms with Crippen molar-refractivity contribution in [2.75, 3.05) is 30.4 Å². The van der Waals surface area contributed by atoms with E-state index in [2.05, 4.69) is 10.6 Å². The van der Waals surface area contributed by atoms with Gasteiger partial charge in [-0.05, 0) is 36.4 Å². The number of carbonyl (C=O) groups excluding carboxylic acids is 3. The van der Waals surface area contributed by atoms with Crippen molar-refractivity contribution in [3.63, 3.8) is 0 Å². The van der Waals surface area contributed by atoms with Crippen LogP contribution in [0.4, 0.5) is 11.4 Å². The first-order valence-corrected chi connectivity index (χ1v) is 8.49. The second-order valence-corrected chi connectivity index (χ2v) is 5.85. The van der Waals surface area contributed by atoms with Crippen LogP contribution in [0.1, 0.15) is 24.2 Å². The first-order chi connectivity index (χ1) is 12.9. The quantitative estimate of drug-likeness (QED) is 0.785. The Morgan fingerprint density at radius 2 is 1.67 bits per heavy atom. The SMILES string of the molecule is COc1ccccc1C(=O)NCCN(C(C)=O)c1ccc(NC(C)=O)cc1. The molecule has 2 aromatic rings. The van der Waals surface area contributed by atoms with E-state index in [1.807, 2.05) is 0 Å². The summed E-state index contributed by atoms with van der Waals surface area (Å²) >= 11 is 0. The van der Waals surface area contributed by atoms with Crippen LogP contribution in [-0.4, -0.2) is 37.9 Å². The third-order valence-electron chi connectivity index (χ3n) is 3.85. The van der Waals surface area contributed by atoms with Gasteiger partial charge in [0.2, 0.25) is 11.8 Å². The zero-order chi connectivity index (χ0) is 19.8. The fourth-order valence-electron chi connectivity index (χ4n) is 2.61. The van der Waals surface area contributed by atoms with E-state index in [1.165, 1.54) is 21.0 Å². The van der Waals surface area contributed by atoms with Gasteiger partial charge in [0, 0.05) is 38.3 Å². The van der Waals surface area contributed by atoms with Gasteiger partial charge in [0.15, 0.2) is 0 Å². The van der Waals surface area contributed by atoms with Gasteiger partial charge in [-0.3, -0.25) is 14.4 Å². The molecule has 7 heteroatoms. The molecule has 0 saturated carbocycles. The van der Waals surface area contributed by atoms with Crippen molar-refractivity contribution < 1.29 is 19.1 Å². The van der Waals surface area contributed by atoms with E-state index in [9.17, 15) is 14.4 Å². The molecule has 0 radical (unpaired) electrons. The van der Waals surface area contributed by atoms with Crippen molar-refractivity contribution in [1.29, 1.82) is 0 Å². The highest BCUT2D eigenvalue weighted by Gasteiger charge is 2.14. The summed E-state index contributed by atoms with van der Waals surface area (Å²) in [5, 5.41) is 5.47. The molecule has 2 rings (SSSR count). The molecule has 0 bridgehead atoms. The molecule has 0 aliphatic carbocycles. The average molecular weight is 369 g/mol. The maximum atomic E-state index is 12.3. The smallest absolute Gasteiger partial charge is 0.255 e. The van der Waals surface area contributed by atoms with Crippen LogP contribution in [0.2, 0.25) is 0 Å². The topological polar surface area (TPSA) is 87.7 Å². The number of carbonyl (C=O) groups is 3. The third-order valence-corrected chi connectivity index (χ3v) is 3.85. The summed E-state index contributed by atoms with van der Waals surface area (Å²) in [5.74, 6) is -0.0806. The van der Waals surface area contributed by atoms with E-state index in [1.54, 1.807) is 53.4 Å². The van der Waals surface area contributed by atoms with Gasteiger partial charge in [-0.25, -0.2) is 0 Å². The minimum atomic E-state index is -0.267. The lowest BCUT2D eigenvalue weighted by Crippen LogP contribution is -2.37. The van der Waals surface area contributed by atoms with E-state index < -0.39 is 0 Å². The number of nitrogens with zero attached hydrogens (tertiary/aromatic N) is 1. The predicted octanol–water partition coefficient (Wildman–Crippen LogP) is 2.44. The van der Waals surface area contributed by atoms with Crippen molar-refractivity contribution in [3.8, 4) is 5.75 Å². The van der Waals surface area contributed by atoms with Gasteiger partial charge < -0.3 is 20.3 Å². The molecule has 0 aromatic heterocycles. The van der Waals surface area contributed by atoms with Gasteiger partial charge in [-0.15, -0.1) is 0 Å².